The van der Waals surface area contributed by atoms with Crippen molar-refractivity contribution < 1.29 is 4.79 Å². The fraction of sp³-hybridized carbons (Fsp3) is 0.417. The molecule has 2 heterocycles. The number of hydrogen-bond acceptors (Lipinski definition) is 4. The maximum atomic E-state index is 11.3. The van der Waals surface area contributed by atoms with Crippen LogP contribution in [0.4, 0.5) is 11.4 Å². The average Bonchev–Trinajstić information content (AvgIpc) is 2.26. The first-order chi connectivity index (χ1) is 8.31. The van der Waals surface area contributed by atoms with Crippen LogP contribution >= 0.6 is 11.8 Å². The fourth-order valence-electron chi connectivity index (χ4n) is 1.95. The van der Waals surface area contributed by atoms with Crippen molar-refractivity contribution in [3.63, 3.8) is 0 Å². The summed E-state index contributed by atoms with van der Waals surface area (Å²) in [6, 6.07) is 6.17. The van der Waals surface area contributed by atoms with Crippen LogP contribution in [0, 0.1) is 5.92 Å². The number of hydrogen-bond donors (Lipinski definition) is 3. The number of thioether (sulfide) groups is 1. The lowest BCUT2D eigenvalue weighted by molar-refractivity contribution is -0.113. The van der Waals surface area contributed by atoms with E-state index >= 15 is 0 Å². The van der Waals surface area contributed by atoms with Crippen molar-refractivity contribution >= 4 is 29.0 Å². The lowest BCUT2D eigenvalue weighted by Gasteiger charge is -2.27. The van der Waals surface area contributed by atoms with Crippen LogP contribution in [0.15, 0.2) is 23.1 Å². The molecule has 5 heteroatoms. The number of carbonyl (C=O) groups excluding carboxylic acids is 1. The van der Waals surface area contributed by atoms with E-state index in [2.05, 4.69) is 28.1 Å². The minimum atomic E-state index is 0.0860. The van der Waals surface area contributed by atoms with Gasteiger partial charge >= 0.3 is 0 Å². The fourth-order valence-corrected chi connectivity index (χ4v) is 2.74. The summed E-state index contributed by atoms with van der Waals surface area (Å²) >= 11 is 1.60. The summed E-state index contributed by atoms with van der Waals surface area (Å²) in [7, 11) is 0. The van der Waals surface area contributed by atoms with Gasteiger partial charge in [0.2, 0.25) is 5.91 Å². The highest BCUT2D eigenvalue weighted by Gasteiger charge is 2.17. The minimum Gasteiger partial charge on any atom is -0.385 e. The molecule has 1 aromatic rings. The van der Waals surface area contributed by atoms with Gasteiger partial charge in [0.05, 0.1) is 11.4 Å². The maximum absolute atomic E-state index is 11.3. The molecule has 2 aliphatic rings. The number of fused-ring (bicyclic) bond motifs is 1. The summed E-state index contributed by atoms with van der Waals surface area (Å²) in [6.45, 7) is 3.20. The third-order valence-corrected chi connectivity index (χ3v) is 4.15. The second-order valence-electron chi connectivity index (χ2n) is 4.45. The Kier molecular flexibility index (Phi) is 2.94. The molecule has 0 spiro atoms. The zero-order valence-corrected chi connectivity index (χ0v) is 10.3. The molecule has 0 aliphatic carbocycles. The van der Waals surface area contributed by atoms with Crippen LogP contribution in [-0.2, 0) is 4.79 Å². The van der Waals surface area contributed by atoms with E-state index in [0.717, 1.165) is 41.8 Å². The average molecular weight is 249 g/mol. The molecule has 0 bridgehead atoms. The molecule has 3 rings (SSSR count). The van der Waals surface area contributed by atoms with Gasteiger partial charge in [-0.15, -0.1) is 11.8 Å². The van der Waals surface area contributed by atoms with Crippen LogP contribution in [0.1, 0.15) is 0 Å². The van der Waals surface area contributed by atoms with E-state index in [9.17, 15) is 4.79 Å². The smallest absolute Gasteiger partial charge is 0.234 e. The van der Waals surface area contributed by atoms with Crippen molar-refractivity contribution in [3.8, 4) is 0 Å². The topological polar surface area (TPSA) is 53.2 Å². The lowest BCUT2D eigenvalue weighted by atomic mass is 10.0. The Hall–Kier alpha value is -1.20. The Labute approximate surface area is 105 Å². The number of benzene rings is 1. The number of rotatable bonds is 3. The van der Waals surface area contributed by atoms with E-state index in [-0.39, 0.29) is 5.91 Å². The van der Waals surface area contributed by atoms with Gasteiger partial charge in [-0.25, -0.2) is 0 Å². The Bertz CT molecular complexity index is 445. The molecule has 1 aromatic carbocycles. The highest BCUT2D eigenvalue weighted by atomic mass is 32.2. The normalized spacial score (nSPS) is 19.2. The van der Waals surface area contributed by atoms with E-state index in [0.29, 0.717) is 5.75 Å². The molecule has 0 saturated carbocycles. The number of anilines is 2. The van der Waals surface area contributed by atoms with Crippen LogP contribution < -0.4 is 16.0 Å². The zero-order valence-electron chi connectivity index (χ0n) is 9.45. The molecule has 4 nitrogen and oxygen atoms in total. The van der Waals surface area contributed by atoms with Crippen molar-refractivity contribution in [2.45, 2.75) is 4.90 Å². The molecule has 1 saturated heterocycles. The van der Waals surface area contributed by atoms with Crippen molar-refractivity contribution in [2.24, 2.45) is 5.92 Å². The molecular weight excluding hydrogens is 234 g/mol. The van der Waals surface area contributed by atoms with Gasteiger partial charge in [0.15, 0.2) is 0 Å². The second-order valence-corrected chi connectivity index (χ2v) is 5.47. The summed E-state index contributed by atoms with van der Waals surface area (Å²) in [4.78, 5) is 12.5. The van der Waals surface area contributed by atoms with Gasteiger partial charge in [-0.2, -0.15) is 0 Å². The van der Waals surface area contributed by atoms with Crippen molar-refractivity contribution in [1.82, 2.24) is 5.32 Å². The summed E-state index contributed by atoms with van der Waals surface area (Å²) in [5, 5.41) is 9.57. The minimum absolute atomic E-state index is 0.0860. The molecule has 0 aromatic heterocycles. The lowest BCUT2D eigenvalue weighted by Crippen LogP contribution is -2.45. The van der Waals surface area contributed by atoms with Crippen LogP contribution in [0.3, 0.4) is 0 Å². The van der Waals surface area contributed by atoms with Crippen LogP contribution in [-0.4, -0.2) is 31.3 Å². The first-order valence-electron chi connectivity index (χ1n) is 5.82. The van der Waals surface area contributed by atoms with Crippen molar-refractivity contribution in [3.05, 3.63) is 18.2 Å². The molecule has 90 valence electrons. The monoisotopic (exact) mass is 249 g/mol. The van der Waals surface area contributed by atoms with Gasteiger partial charge in [-0.1, -0.05) is 0 Å². The summed E-state index contributed by atoms with van der Waals surface area (Å²) in [6.07, 6.45) is 0. The summed E-state index contributed by atoms with van der Waals surface area (Å²) in [5.74, 6) is 1.34. The SMILES string of the molecule is O=C1CSc2ccc(NCC3CNC3)cc2N1. The van der Waals surface area contributed by atoms with E-state index in [4.69, 9.17) is 0 Å². The molecule has 0 unspecified atom stereocenters. The van der Waals surface area contributed by atoms with E-state index in [1.807, 2.05) is 6.07 Å². The zero-order chi connectivity index (χ0) is 11.7. The maximum Gasteiger partial charge on any atom is 0.234 e. The van der Waals surface area contributed by atoms with Gasteiger partial charge in [0, 0.05) is 36.1 Å². The number of carbonyl (C=O) groups is 1. The largest absolute Gasteiger partial charge is 0.385 e. The Morgan fingerprint density at radius 3 is 3.06 bits per heavy atom. The van der Waals surface area contributed by atoms with E-state index in [1.165, 1.54) is 0 Å². The van der Waals surface area contributed by atoms with Gasteiger partial charge in [-0.3, -0.25) is 4.79 Å². The molecule has 3 N–H and O–H groups in total. The first kappa shape index (κ1) is 10.9. The summed E-state index contributed by atoms with van der Waals surface area (Å²) < 4.78 is 0. The Balaban J connectivity index is 1.68. The molecular formula is C12H15N3OS. The molecule has 1 amide bonds. The highest BCUT2D eigenvalue weighted by molar-refractivity contribution is 8.00. The molecule has 2 aliphatic heterocycles. The summed E-state index contributed by atoms with van der Waals surface area (Å²) in [5.41, 5.74) is 2.02. The highest BCUT2D eigenvalue weighted by Crippen LogP contribution is 2.33. The van der Waals surface area contributed by atoms with E-state index < -0.39 is 0 Å². The third-order valence-electron chi connectivity index (χ3n) is 3.07. The molecule has 1 fully saturated rings. The molecule has 0 atom stereocenters. The molecule has 17 heavy (non-hydrogen) atoms. The third kappa shape index (κ3) is 2.40. The van der Waals surface area contributed by atoms with Gasteiger partial charge < -0.3 is 16.0 Å². The first-order valence-corrected chi connectivity index (χ1v) is 6.81. The number of amides is 1. The second kappa shape index (κ2) is 4.58. The van der Waals surface area contributed by atoms with Crippen molar-refractivity contribution in [1.29, 1.82) is 0 Å². The predicted molar refractivity (Wildman–Crippen MR) is 70.6 cm³/mol. The van der Waals surface area contributed by atoms with Crippen molar-refractivity contribution in [2.75, 3.05) is 36.0 Å². The van der Waals surface area contributed by atoms with E-state index in [1.54, 1.807) is 11.8 Å². The van der Waals surface area contributed by atoms with Gasteiger partial charge in [0.1, 0.15) is 0 Å². The van der Waals surface area contributed by atoms with Gasteiger partial charge in [0.25, 0.3) is 0 Å². The van der Waals surface area contributed by atoms with Crippen LogP contribution in [0.5, 0.6) is 0 Å². The molecule has 0 radical (unpaired) electrons. The standard InChI is InChI=1S/C12H15N3OS/c16-12-7-17-11-2-1-9(3-10(11)15-12)14-6-8-4-13-5-8/h1-3,8,13-14H,4-7H2,(H,15,16). The Morgan fingerprint density at radius 1 is 1.41 bits per heavy atom. The Morgan fingerprint density at radius 2 is 2.29 bits per heavy atom. The van der Waals surface area contributed by atoms with Crippen LogP contribution in [0.25, 0.3) is 0 Å². The van der Waals surface area contributed by atoms with Crippen LogP contribution in [0.2, 0.25) is 0 Å². The number of nitrogens with one attached hydrogen (secondary N) is 3. The predicted octanol–water partition coefficient (Wildman–Crippen LogP) is 1.36. The quantitative estimate of drug-likeness (QED) is 0.757. The van der Waals surface area contributed by atoms with Gasteiger partial charge in [-0.05, 0) is 18.2 Å².